The molecule has 1 unspecified atom stereocenters. The zero-order valence-corrected chi connectivity index (χ0v) is 11.8. The number of fused-ring (bicyclic) bond motifs is 1. The number of nitrogen functional groups attached to an aromatic ring is 1. The number of aliphatic carboxylic acids is 1. The molecule has 2 aromatic rings. The van der Waals surface area contributed by atoms with E-state index < -0.39 is 5.97 Å². The van der Waals surface area contributed by atoms with Crippen molar-refractivity contribution in [2.45, 2.75) is 12.3 Å². The number of carboxylic acid groups (broad SMARTS) is 1. The van der Waals surface area contributed by atoms with E-state index in [2.05, 4.69) is 4.98 Å². The van der Waals surface area contributed by atoms with Gasteiger partial charge in [-0.3, -0.25) is 9.59 Å². The van der Waals surface area contributed by atoms with Gasteiger partial charge in [-0.1, -0.05) is 18.2 Å². The molecule has 1 atom stereocenters. The molecule has 0 saturated heterocycles. The van der Waals surface area contributed by atoms with E-state index in [4.69, 9.17) is 10.8 Å². The zero-order chi connectivity index (χ0) is 15.0. The number of rotatable bonds is 3. The molecular weight excluding hydrogens is 290 g/mol. The van der Waals surface area contributed by atoms with Crippen LogP contribution in [-0.2, 0) is 4.79 Å². The number of thiazole rings is 1. The van der Waals surface area contributed by atoms with E-state index in [9.17, 15) is 9.59 Å². The first-order chi connectivity index (χ1) is 10.1. The van der Waals surface area contributed by atoms with Crippen molar-refractivity contribution in [1.29, 1.82) is 0 Å². The van der Waals surface area contributed by atoms with E-state index >= 15 is 0 Å². The Morgan fingerprint density at radius 3 is 2.86 bits per heavy atom. The summed E-state index contributed by atoms with van der Waals surface area (Å²) in [6.07, 6.45) is -0.00000228. The molecule has 0 radical (unpaired) electrons. The summed E-state index contributed by atoms with van der Waals surface area (Å²) < 4.78 is 0. The highest BCUT2D eigenvalue weighted by Gasteiger charge is 2.34. The predicted molar refractivity (Wildman–Crippen MR) is 79.6 cm³/mol. The molecule has 1 aromatic heterocycles. The average molecular weight is 303 g/mol. The maximum absolute atomic E-state index is 12.5. The second-order valence-corrected chi connectivity index (χ2v) is 5.73. The van der Waals surface area contributed by atoms with Gasteiger partial charge in [0.05, 0.1) is 6.42 Å². The van der Waals surface area contributed by atoms with Crippen molar-refractivity contribution in [3.8, 4) is 0 Å². The van der Waals surface area contributed by atoms with Crippen LogP contribution in [0.1, 0.15) is 28.4 Å². The first kappa shape index (κ1) is 13.6. The van der Waals surface area contributed by atoms with Gasteiger partial charge in [0.1, 0.15) is 5.69 Å². The van der Waals surface area contributed by atoms with E-state index in [-0.39, 0.29) is 18.2 Å². The lowest BCUT2D eigenvalue weighted by atomic mass is 9.98. The standard InChI is InChI=1S/C14H13N3O3S/c15-14-16-10(7-21-14)13(20)17-6-8(5-12(18)19)9-3-1-2-4-11(9)17/h1-4,7-8H,5-6H2,(H2,15,16)(H,18,19). The largest absolute Gasteiger partial charge is 0.481 e. The minimum absolute atomic E-state index is 0.00000228. The molecule has 3 rings (SSSR count). The van der Waals surface area contributed by atoms with Crippen LogP contribution in [0.25, 0.3) is 0 Å². The minimum atomic E-state index is -0.873. The molecule has 2 heterocycles. The van der Waals surface area contributed by atoms with Crippen LogP contribution in [0.15, 0.2) is 29.6 Å². The number of carbonyl (C=O) groups excluding carboxylic acids is 1. The Kier molecular flexibility index (Phi) is 3.34. The van der Waals surface area contributed by atoms with Crippen LogP contribution in [0.3, 0.4) is 0 Å². The number of benzene rings is 1. The summed E-state index contributed by atoms with van der Waals surface area (Å²) in [6.45, 7) is 0.349. The number of para-hydroxylation sites is 1. The maximum Gasteiger partial charge on any atom is 0.304 e. The fourth-order valence-electron chi connectivity index (χ4n) is 2.60. The summed E-state index contributed by atoms with van der Waals surface area (Å²) in [5.41, 5.74) is 7.49. The van der Waals surface area contributed by atoms with Crippen molar-refractivity contribution in [3.05, 3.63) is 40.9 Å². The third kappa shape index (κ3) is 2.47. The molecule has 1 aromatic carbocycles. The molecule has 0 fully saturated rings. The second kappa shape index (κ2) is 5.17. The maximum atomic E-state index is 12.5. The van der Waals surface area contributed by atoms with Gasteiger partial charge in [0, 0.05) is 23.5 Å². The van der Waals surface area contributed by atoms with Crippen molar-refractivity contribution < 1.29 is 14.7 Å². The number of amides is 1. The normalized spacial score (nSPS) is 16.8. The van der Waals surface area contributed by atoms with Gasteiger partial charge >= 0.3 is 5.97 Å². The molecule has 7 heteroatoms. The van der Waals surface area contributed by atoms with Crippen molar-refractivity contribution in [2.75, 3.05) is 17.2 Å². The highest BCUT2D eigenvalue weighted by atomic mass is 32.1. The second-order valence-electron chi connectivity index (χ2n) is 4.84. The first-order valence-electron chi connectivity index (χ1n) is 6.40. The Morgan fingerprint density at radius 2 is 2.19 bits per heavy atom. The van der Waals surface area contributed by atoms with Gasteiger partial charge in [0.15, 0.2) is 5.13 Å². The highest BCUT2D eigenvalue weighted by Crippen LogP contribution is 2.38. The molecule has 0 saturated carbocycles. The minimum Gasteiger partial charge on any atom is -0.481 e. The van der Waals surface area contributed by atoms with Crippen LogP contribution in [-0.4, -0.2) is 28.5 Å². The number of carbonyl (C=O) groups is 2. The SMILES string of the molecule is Nc1nc(C(=O)N2CC(CC(=O)O)c3ccccc32)cs1. The summed E-state index contributed by atoms with van der Waals surface area (Å²) >= 11 is 1.21. The van der Waals surface area contributed by atoms with Gasteiger partial charge in [0.25, 0.3) is 5.91 Å². The van der Waals surface area contributed by atoms with Gasteiger partial charge in [-0.15, -0.1) is 11.3 Å². The van der Waals surface area contributed by atoms with Crippen molar-refractivity contribution in [1.82, 2.24) is 4.98 Å². The summed E-state index contributed by atoms with van der Waals surface area (Å²) in [4.78, 5) is 29.1. The quantitative estimate of drug-likeness (QED) is 0.903. The molecule has 21 heavy (non-hydrogen) atoms. The summed E-state index contributed by atoms with van der Waals surface area (Å²) in [6, 6.07) is 7.37. The van der Waals surface area contributed by atoms with Crippen LogP contribution < -0.4 is 10.6 Å². The van der Waals surface area contributed by atoms with E-state index in [1.54, 1.807) is 10.3 Å². The van der Waals surface area contributed by atoms with Gasteiger partial charge in [-0.05, 0) is 11.6 Å². The monoisotopic (exact) mass is 303 g/mol. The number of anilines is 2. The molecule has 3 N–H and O–H groups in total. The Bertz CT molecular complexity index is 713. The molecule has 0 aliphatic carbocycles. The molecule has 0 bridgehead atoms. The number of nitrogens with zero attached hydrogens (tertiary/aromatic N) is 2. The first-order valence-corrected chi connectivity index (χ1v) is 7.28. The van der Waals surface area contributed by atoms with Crippen LogP contribution in [0.4, 0.5) is 10.8 Å². The third-order valence-electron chi connectivity index (χ3n) is 3.48. The van der Waals surface area contributed by atoms with E-state index in [0.717, 1.165) is 11.3 Å². The van der Waals surface area contributed by atoms with Crippen LogP contribution in [0.5, 0.6) is 0 Å². The van der Waals surface area contributed by atoms with E-state index in [1.165, 1.54) is 11.3 Å². The van der Waals surface area contributed by atoms with Crippen molar-refractivity contribution >= 4 is 34.0 Å². The van der Waals surface area contributed by atoms with Gasteiger partial charge in [-0.25, -0.2) is 4.98 Å². The Morgan fingerprint density at radius 1 is 1.43 bits per heavy atom. The number of nitrogens with two attached hydrogens (primary N) is 1. The highest BCUT2D eigenvalue weighted by molar-refractivity contribution is 7.13. The average Bonchev–Trinajstić information content (AvgIpc) is 3.03. The molecule has 1 amide bonds. The molecule has 0 spiro atoms. The summed E-state index contributed by atoms with van der Waals surface area (Å²) in [5, 5.41) is 11.0. The van der Waals surface area contributed by atoms with Crippen molar-refractivity contribution in [3.63, 3.8) is 0 Å². The number of carboxylic acids is 1. The molecule has 1 aliphatic heterocycles. The lowest BCUT2D eigenvalue weighted by molar-refractivity contribution is -0.137. The Balaban J connectivity index is 1.94. The Labute approximate surface area is 124 Å². The summed E-state index contributed by atoms with van der Waals surface area (Å²) in [7, 11) is 0. The van der Waals surface area contributed by atoms with Crippen LogP contribution in [0, 0.1) is 0 Å². The van der Waals surface area contributed by atoms with Crippen LogP contribution >= 0.6 is 11.3 Å². The van der Waals surface area contributed by atoms with Crippen molar-refractivity contribution in [2.24, 2.45) is 0 Å². The van der Waals surface area contributed by atoms with Crippen LogP contribution in [0.2, 0.25) is 0 Å². The smallest absolute Gasteiger partial charge is 0.304 e. The fraction of sp³-hybridized carbons (Fsp3) is 0.214. The van der Waals surface area contributed by atoms with Gasteiger partial charge in [0.2, 0.25) is 0 Å². The zero-order valence-electron chi connectivity index (χ0n) is 11.0. The fourth-order valence-corrected chi connectivity index (χ4v) is 3.13. The van der Waals surface area contributed by atoms with Gasteiger partial charge in [-0.2, -0.15) is 0 Å². The molecule has 108 valence electrons. The molecule has 1 aliphatic rings. The van der Waals surface area contributed by atoms with Gasteiger partial charge < -0.3 is 15.7 Å². The van der Waals surface area contributed by atoms with E-state index in [1.807, 2.05) is 24.3 Å². The molecular formula is C14H13N3O3S. The number of hydrogen-bond acceptors (Lipinski definition) is 5. The predicted octanol–water partition coefficient (Wildman–Crippen LogP) is 1.94. The van der Waals surface area contributed by atoms with E-state index in [0.29, 0.717) is 17.4 Å². The number of aromatic nitrogens is 1. The lowest BCUT2D eigenvalue weighted by Gasteiger charge is -2.16. The summed E-state index contributed by atoms with van der Waals surface area (Å²) in [5.74, 6) is -1.32. The Hall–Kier alpha value is -2.41. The lowest BCUT2D eigenvalue weighted by Crippen LogP contribution is -2.30. The topological polar surface area (TPSA) is 96.5 Å². The number of hydrogen-bond donors (Lipinski definition) is 2. The molecule has 6 nitrogen and oxygen atoms in total. The third-order valence-corrected chi connectivity index (χ3v) is 4.15.